The quantitative estimate of drug-likeness (QED) is 0.277. The molecule has 2 aromatic rings. The van der Waals surface area contributed by atoms with Crippen molar-refractivity contribution in [1.82, 2.24) is 4.90 Å². The molecule has 3 rings (SSSR count). The summed E-state index contributed by atoms with van der Waals surface area (Å²) in [5.74, 6) is -1.90. The summed E-state index contributed by atoms with van der Waals surface area (Å²) in [7, 11) is -9.91. The Bertz CT molecular complexity index is 1160. The number of nitrogens with zero attached hydrogens (tertiary/aromatic N) is 1. The molecule has 0 radical (unpaired) electrons. The van der Waals surface area contributed by atoms with Gasteiger partial charge in [0, 0.05) is 16.6 Å². The SMILES string of the molecule is CCOc1cc2c(c(F)c1OCC)C(=N)N(CC(=O)c1ccc(S(F)(F)(F)(F)F)cc1Br)C2. The zero-order valence-electron chi connectivity index (χ0n) is 17.4. The van der Waals surface area contributed by atoms with Crippen molar-refractivity contribution in [3.63, 3.8) is 0 Å². The molecule has 182 valence electrons. The number of carbonyl (C=O) groups excluding carboxylic acids is 1. The predicted octanol–water partition coefficient (Wildman–Crippen LogP) is 7.07. The zero-order valence-corrected chi connectivity index (χ0v) is 19.8. The first kappa shape index (κ1) is 25.2. The maximum absolute atomic E-state index is 15.1. The summed E-state index contributed by atoms with van der Waals surface area (Å²) in [5.41, 5.74) is 0.00685. The molecule has 1 heterocycles. The molecule has 1 aliphatic rings. The molecule has 0 atom stereocenters. The van der Waals surface area contributed by atoms with E-state index in [0.29, 0.717) is 11.6 Å². The van der Waals surface area contributed by atoms with Crippen molar-refractivity contribution in [2.45, 2.75) is 25.3 Å². The van der Waals surface area contributed by atoms with E-state index in [2.05, 4.69) is 15.9 Å². The van der Waals surface area contributed by atoms with Gasteiger partial charge in [0.05, 0.1) is 25.3 Å². The summed E-state index contributed by atoms with van der Waals surface area (Å²) in [4.78, 5) is 11.8. The molecule has 2 aromatic carbocycles. The lowest BCUT2D eigenvalue weighted by molar-refractivity contribution is 0.0961. The maximum atomic E-state index is 15.1. The highest BCUT2D eigenvalue weighted by molar-refractivity contribution is 9.10. The lowest BCUT2D eigenvalue weighted by Gasteiger charge is -2.40. The van der Waals surface area contributed by atoms with E-state index in [-0.39, 0.29) is 60.4 Å². The van der Waals surface area contributed by atoms with Gasteiger partial charge in [-0.25, -0.2) is 4.39 Å². The molecule has 0 aliphatic carbocycles. The number of fused-ring (bicyclic) bond motifs is 1. The molecule has 1 N–H and O–H groups in total. The van der Waals surface area contributed by atoms with Crippen LogP contribution in [0.1, 0.15) is 35.3 Å². The first-order valence-electron chi connectivity index (χ1n) is 9.59. The van der Waals surface area contributed by atoms with Gasteiger partial charge >= 0.3 is 10.2 Å². The van der Waals surface area contributed by atoms with Gasteiger partial charge in [0.1, 0.15) is 10.7 Å². The molecule has 13 heteroatoms. The Morgan fingerprint density at radius 2 is 1.76 bits per heavy atom. The van der Waals surface area contributed by atoms with Crippen LogP contribution >= 0.6 is 26.2 Å². The van der Waals surface area contributed by atoms with E-state index < -0.39 is 37.7 Å². The monoisotopic (exact) mass is 560 g/mol. The first-order chi connectivity index (χ1) is 15.1. The van der Waals surface area contributed by atoms with Crippen LogP contribution in [-0.4, -0.2) is 36.3 Å². The van der Waals surface area contributed by atoms with Gasteiger partial charge in [-0.1, -0.05) is 19.4 Å². The average Bonchev–Trinajstić information content (AvgIpc) is 2.98. The number of hydrogen-bond acceptors (Lipinski definition) is 4. The molecule has 0 saturated carbocycles. The van der Waals surface area contributed by atoms with Crippen molar-refractivity contribution in [3.05, 3.63) is 51.2 Å². The molecule has 0 amide bonds. The summed E-state index contributed by atoms with van der Waals surface area (Å²) in [6.07, 6.45) is 0. The molecule has 0 bridgehead atoms. The minimum atomic E-state index is -9.91. The van der Waals surface area contributed by atoms with Crippen molar-refractivity contribution in [2.24, 2.45) is 0 Å². The van der Waals surface area contributed by atoms with Gasteiger partial charge in [-0.15, -0.1) is 0 Å². The number of hydrogen-bond donors (Lipinski definition) is 1. The molecule has 0 fully saturated rings. The Labute approximate surface area is 194 Å². The fourth-order valence-electron chi connectivity index (χ4n) is 3.38. The number of Topliss-reactive ketones (excluding diaryl/α,β-unsaturated/α-hetero) is 1. The standard InChI is InChI=1S/C20H19BrF6N2O3S/c1-3-31-16-7-11-9-29(20(28)17(11)18(22)19(16)32-4-2)10-15(30)13-6-5-12(8-14(13)21)33(23,24,25,26)27/h5-8,28H,3-4,9-10H2,1-2H3. The van der Waals surface area contributed by atoms with E-state index in [4.69, 9.17) is 14.9 Å². The Kier molecular flexibility index (Phi) is 5.98. The highest BCUT2D eigenvalue weighted by Gasteiger charge is 2.65. The number of amidine groups is 1. The van der Waals surface area contributed by atoms with Gasteiger partial charge in [-0.2, -0.15) is 0 Å². The summed E-state index contributed by atoms with van der Waals surface area (Å²) >= 11 is 2.75. The van der Waals surface area contributed by atoms with Gasteiger partial charge in [0.2, 0.25) is 0 Å². The topological polar surface area (TPSA) is 62.6 Å². The van der Waals surface area contributed by atoms with Crippen molar-refractivity contribution in [1.29, 1.82) is 5.41 Å². The van der Waals surface area contributed by atoms with E-state index in [1.807, 2.05) is 0 Å². The van der Waals surface area contributed by atoms with Gasteiger partial charge in [0.15, 0.2) is 23.1 Å². The third-order valence-corrected chi connectivity index (χ3v) is 6.59. The van der Waals surface area contributed by atoms with Crippen LogP contribution in [-0.2, 0) is 6.54 Å². The van der Waals surface area contributed by atoms with Crippen LogP contribution in [0.3, 0.4) is 0 Å². The normalized spacial score (nSPS) is 15.7. The number of ketones is 1. The largest absolute Gasteiger partial charge is 0.490 e. The van der Waals surface area contributed by atoms with Gasteiger partial charge in [0.25, 0.3) is 0 Å². The molecule has 0 saturated heterocycles. The highest BCUT2D eigenvalue weighted by atomic mass is 79.9. The van der Waals surface area contributed by atoms with E-state index in [9.17, 15) is 24.2 Å². The first-order valence-corrected chi connectivity index (χ1v) is 12.3. The molecule has 33 heavy (non-hydrogen) atoms. The summed E-state index contributed by atoms with van der Waals surface area (Å²) < 4.78 is 90.4. The van der Waals surface area contributed by atoms with Crippen LogP contribution in [0.25, 0.3) is 0 Å². The molecular weight excluding hydrogens is 542 g/mol. The van der Waals surface area contributed by atoms with E-state index >= 15 is 4.39 Å². The second kappa shape index (κ2) is 7.83. The Morgan fingerprint density at radius 3 is 2.30 bits per heavy atom. The molecule has 0 aromatic heterocycles. The second-order valence-electron chi connectivity index (χ2n) is 7.16. The molecule has 5 nitrogen and oxygen atoms in total. The highest BCUT2D eigenvalue weighted by Crippen LogP contribution is 3.02. The van der Waals surface area contributed by atoms with E-state index in [1.165, 1.54) is 11.0 Å². The van der Waals surface area contributed by atoms with Crippen LogP contribution < -0.4 is 9.47 Å². The minimum Gasteiger partial charge on any atom is -0.490 e. The van der Waals surface area contributed by atoms with Crippen LogP contribution in [0.2, 0.25) is 0 Å². The van der Waals surface area contributed by atoms with Crippen LogP contribution in [0, 0.1) is 11.2 Å². The Hall–Kier alpha value is -2.41. The smallest absolute Gasteiger partial charge is 0.310 e. The predicted molar refractivity (Wildman–Crippen MR) is 116 cm³/mol. The fraction of sp³-hybridized carbons (Fsp3) is 0.300. The van der Waals surface area contributed by atoms with Crippen LogP contribution in [0.4, 0.5) is 23.8 Å². The van der Waals surface area contributed by atoms with Gasteiger partial charge < -0.3 is 14.4 Å². The van der Waals surface area contributed by atoms with Crippen molar-refractivity contribution in [2.75, 3.05) is 19.8 Å². The number of rotatable bonds is 8. The summed E-state index contributed by atoms with van der Waals surface area (Å²) in [6.45, 7) is 3.21. The zero-order chi connectivity index (χ0) is 24.8. The number of carbonyl (C=O) groups is 1. The number of halogens is 7. The fourth-order valence-corrected chi connectivity index (χ4v) is 4.80. The minimum absolute atomic E-state index is 0.0372. The van der Waals surface area contributed by atoms with Gasteiger partial charge in [-0.3, -0.25) is 10.2 Å². The summed E-state index contributed by atoms with van der Waals surface area (Å²) in [5, 5.41) is 8.29. The van der Waals surface area contributed by atoms with Crippen molar-refractivity contribution in [3.8, 4) is 11.5 Å². The van der Waals surface area contributed by atoms with Gasteiger partial charge in [-0.05, 0) is 59.6 Å². The Morgan fingerprint density at radius 1 is 1.12 bits per heavy atom. The van der Waals surface area contributed by atoms with Crippen LogP contribution in [0.5, 0.6) is 11.5 Å². The lowest BCUT2D eigenvalue weighted by Crippen LogP contribution is -2.30. The average molecular weight is 561 g/mol. The Balaban J connectivity index is 1.88. The second-order valence-corrected chi connectivity index (χ2v) is 10.4. The number of nitrogens with one attached hydrogen (secondary N) is 1. The molecular formula is C20H19BrF6N2O3S. The maximum Gasteiger partial charge on any atom is 0.310 e. The van der Waals surface area contributed by atoms with E-state index in [1.54, 1.807) is 13.8 Å². The lowest BCUT2D eigenvalue weighted by atomic mass is 10.1. The third kappa shape index (κ3) is 5.08. The third-order valence-electron chi connectivity index (χ3n) is 4.79. The number of benzene rings is 2. The van der Waals surface area contributed by atoms with Crippen molar-refractivity contribution < 1.29 is 38.1 Å². The molecule has 0 spiro atoms. The van der Waals surface area contributed by atoms with E-state index in [0.717, 1.165) is 0 Å². The molecule has 0 unspecified atom stereocenters. The van der Waals surface area contributed by atoms with Crippen LogP contribution in [0.15, 0.2) is 33.6 Å². The molecule has 1 aliphatic heterocycles. The summed E-state index contributed by atoms with van der Waals surface area (Å²) in [6, 6.07) is 2.45. The van der Waals surface area contributed by atoms with Crippen molar-refractivity contribution >= 4 is 37.8 Å². The number of ether oxygens (including phenoxy) is 2.